The van der Waals surface area contributed by atoms with Crippen molar-refractivity contribution < 1.29 is 13.2 Å². The van der Waals surface area contributed by atoms with Gasteiger partial charge in [0.1, 0.15) is 30.7 Å². The minimum absolute atomic E-state index is 0.0562. The Hall–Kier alpha value is -3.72. The number of benzene rings is 2. The van der Waals surface area contributed by atoms with Crippen molar-refractivity contribution in [2.45, 2.75) is 25.3 Å². The topological polar surface area (TPSA) is 103 Å². The lowest BCUT2D eigenvalue weighted by molar-refractivity contribution is 0.294. The van der Waals surface area contributed by atoms with Gasteiger partial charge in [-0.15, -0.1) is 0 Å². The Labute approximate surface area is 191 Å². The molecule has 5 rings (SSSR count). The monoisotopic (exact) mass is 461 g/mol. The number of hydrogen-bond donors (Lipinski definition) is 1. The third-order valence-electron chi connectivity index (χ3n) is 5.63. The van der Waals surface area contributed by atoms with Crippen LogP contribution in [0.25, 0.3) is 33.1 Å². The molecule has 0 radical (unpaired) electrons. The average Bonchev–Trinajstić information content (AvgIpc) is 3.47. The van der Waals surface area contributed by atoms with Crippen molar-refractivity contribution in [2.24, 2.45) is 0 Å². The average molecular weight is 462 g/mol. The summed E-state index contributed by atoms with van der Waals surface area (Å²) in [5, 5.41) is 6.01. The Morgan fingerprint density at radius 2 is 2.03 bits per heavy atom. The van der Waals surface area contributed by atoms with Gasteiger partial charge in [0.2, 0.25) is 0 Å². The molecule has 3 aromatic heterocycles. The van der Waals surface area contributed by atoms with Crippen LogP contribution in [0.5, 0.6) is 5.75 Å². The molecule has 0 aliphatic rings. The second-order valence-electron chi connectivity index (χ2n) is 7.83. The Morgan fingerprint density at radius 3 is 2.82 bits per heavy atom. The molecule has 8 nitrogen and oxygen atoms in total. The number of hydrogen-bond acceptors (Lipinski definition) is 6. The quantitative estimate of drug-likeness (QED) is 0.390. The maximum absolute atomic E-state index is 12.5. The van der Waals surface area contributed by atoms with Crippen LogP contribution in [-0.4, -0.2) is 45.5 Å². The predicted octanol–water partition coefficient (Wildman–Crippen LogP) is 4.16. The Bertz CT molecular complexity index is 1560. The van der Waals surface area contributed by atoms with E-state index in [4.69, 9.17) is 4.74 Å². The summed E-state index contributed by atoms with van der Waals surface area (Å²) in [6, 6.07) is 13.0. The Kier molecular flexibility index (Phi) is 5.33. The lowest BCUT2D eigenvalue weighted by Crippen LogP contribution is -2.08. The molecule has 0 amide bonds. The fourth-order valence-corrected chi connectivity index (χ4v) is 4.87. The molecule has 0 aliphatic heterocycles. The molecule has 0 bridgehead atoms. The van der Waals surface area contributed by atoms with Crippen LogP contribution in [0.3, 0.4) is 0 Å². The van der Waals surface area contributed by atoms with Crippen LogP contribution in [0.15, 0.2) is 66.2 Å². The van der Waals surface area contributed by atoms with Crippen molar-refractivity contribution in [3.63, 3.8) is 0 Å². The van der Waals surface area contributed by atoms with Crippen molar-refractivity contribution in [3.05, 3.63) is 66.9 Å². The summed E-state index contributed by atoms with van der Waals surface area (Å²) in [5.74, 6) is 0.752. The van der Waals surface area contributed by atoms with Crippen LogP contribution in [-0.2, 0) is 16.4 Å². The van der Waals surface area contributed by atoms with E-state index in [1.807, 2.05) is 31.3 Å². The van der Waals surface area contributed by atoms with E-state index in [-0.39, 0.29) is 5.75 Å². The van der Waals surface area contributed by atoms with Gasteiger partial charge < -0.3 is 9.72 Å². The molecular weight excluding hydrogens is 438 g/mol. The first-order valence-electron chi connectivity index (χ1n) is 10.7. The van der Waals surface area contributed by atoms with E-state index in [9.17, 15) is 8.42 Å². The predicted molar refractivity (Wildman–Crippen MR) is 127 cm³/mol. The molecular formula is C24H23N5O3S. The molecule has 9 heteroatoms. The zero-order valence-corrected chi connectivity index (χ0v) is 19.1. The third kappa shape index (κ3) is 3.95. The smallest absolute Gasteiger partial charge is 0.178 e. The van der Waals surface area contributed by atoms with E-state index in [0.29, 0.717) is 23.8 Å². The highest BCUT2D eigenvalue weighted by atomic mass is 32.2. The summed E-state index contributed by atoms with van der Waals surface area (Å²) in [5.41, 5.74) is 4.35. The van der Waals surface area contributed by atoms with Crippen LogP contribution < -0.4 is 4.74 Å². The number of aromatic nitrogens is 5. The second-order valence-corrected chi connectivity index (χ2v) is 10.1. The van der Waals surface area contributed by atoms with Crippen LogP contribution in [0.4, 0.5) is 0 Å². The van der Waals surface area contributed by atoms with Gasteiger partial charge in [-0.25, -0.2) is 23.1 Å². The number of pyridine rings is 1. The van der Waals surface area contributed by atoms with Gasteiger partial charge in [0.15, 0.2) is 9.84 Å². The standard InChI is InChI=1S/C24H23N5O3S/c1-3-33(30,31)18-6-4-5-17(12-18)19-7-8-21(32-10-9-29-15-25-14-27-29)23-22(19)20-11-16(2)13-26-24(20)28-23/h4-8,11-15H,3,9-10H2,1-2H3,(H,26,28). The zero-order valence-electron chi connectivity index (χ0n) is 18.3. The van der Waals surface area contributed by atoms with Gasteiger partial charge in [-0.2, -0.15) is 5.10 Å². The summed E-state index contributed by atoms with van der Waals surface area (Å²) in [6.45, 7) is 4.64. The number of aromatic amines is 1. The minimum atomic E-state index is -3.32. The minimum Gasteiger partial charge on any atom is -0.489 e. The van der Waals surface area contributed by atoms with E-state index >= 15 is 0 Å². The van der Waals surface area contributed by atoms with Crippen molar-refractivity contribution >= 4 is 31.8 Å². The molecule has 0 fully saturated rings. The van der Waals surface area contributed by atoms with E-state index in [1.165, 1.54) is 6.33 Å². The summed E-state index contributed by atoms with van der Waals surface area (Å²) in [6.07, 6.45) is 4.96. The molecule has 0 saturated heterocycles. The first-order valence-corrected chi connectivity index (χ1v) is 12.3. The highest BCUT2D eigenvalue weighted by Gasteiger charge is 2.18. The molecule has 3 heterocycles. The fourth-order valence-electron chi connectivity index (χ4n) is 3.95. The van der Waals surface area contributed by atoms with Gasteiger partial charge in [-0.1, -0.05) is 19.1 Å². The highest BCUT2D eigenvalue weighted by Crippen LogP contribution is 2.39. The number of ether oxygens (including phenoxy) is 1. The van der Waals surface area contributed by atoms with E-state index < -0.39 is 9.84 Å². The maximum atomic E-state index is 12.5. The summed E-state index contributed by atoms with van der Waals surface area (Å²) >= 11 is 0. The maximum Gasteiger partial charge on any atom is 0.178 e. The number of rotatable bonds is 7. The van der Waals surface area contributed by atoms with E-state index in [0.717, 1.165) is 38.6 Å². The normalized spacial score (nSPS) is 11.9. The fraction of sp³-hybridized carbons (Fsp3) is 0.208. The molecule has 168 valence electrons. The zero-order chi connectivity index (χ0) is 23.0. The second kappa shape index (κ2) is 8.32. The van der Waals surface area contributed by atoms with Crippen LogP contribution >= 0.6 is 0 Å². The van der Waals surface area contributed by atoms with Gasteiger partial charge in [0.25, 0.3) is 0 Å². The van der Waals surface area contributed by atoms with Crippen LogP contribution in [0, 0.1) is 6.92 Å². The highest BCUT2D eigenvalue weighted by molar-refractivity contribution is 7.91. The van der Waals surface area contributed by atoms with Gasteiger partial charge in [0.05, 0.1) is 22.7 Å². The number of H-pyrrole nitrogens is 1. The Morgan fingerprint density at radius 1 is 1.15 bits per heavy atom. The Balaban J connectivity index is 1.65. The van der Waals surface area contributed by atoms with Crippen molar-refractivity contribution in [1.29, 1.82) is 0 Å². The largest absolute Gasteiger partial charge is 0.489 e. The van der Waals surface area contributed by atoms with Crippen molar-refractivity contribution in [1.82, 2.24) is 24.7 Å². The number of nitrogens with zero attached hydrogens (tertiary/aromatic N) is 4. The van der Waals surface area contributed by atoms with Crippen molar-refractivity contribution in [3.8, 4) is 16.9 Å². The van der Waals surface area contributed by atoms with Crippen LogP contribution in [0.1, 0.15) is 12.5 Å². The molecule has 0 aliphatic carbocycles. The lowest BCUT2D eigenvalue weighted by atomic mass is 9.99. The number of aryl methyl sites for hydroxylation is 1. The molecule has 5 aromatic rings. The molecule has 0 spiro atoms. The van der Waals surface area contributed by atoms with Crippen LogP contribution in [0.2, 0.25) is 0 Å². The number of fused-ring (bicyclic) bond motifs is 3. The number of nitrogens with one attached hydrogen (secondary N) is 1. The molecule has 0 atom stereocenters. The molecule has 0 unspecified atom stereocenters. The van der Waals surface area contributed by atoms with E-state index in [2.05, 4.69) is 26.1 Å². The molecule has 33 heavy (non-hydrogen) atoms. The number of sulfone groups is 1. The van der Waals surface area contributed by atoms with Gasteiger partial charge in [-0.3, -0.25) is 0 Å². The third-order valence-corrected chi connectivity index (χ3v) is 7.37. The van der Waals surface area contributed by atoms with E-state index in [1.54, 1.807) is 36.1 Å². The van der Waals surface area contributed by atoms with Gasteiger partial charge >= 0.3 is 0 Å². The molecule has 1 N–H and O–H groups in total. The lowest BCUT2D eigenvalue weighted by Gasteiger charge is -2.12. The first kappa shape index (κ1) is 21.1. The summed E-state index contributed by atoms with van der Waals surface area (Å²) in [7, 11) is -3.32. The summed E-state index contributed by atoms with van der Waals surface area (Å²) in [4.78, 5) is 12.2. The van der Waals surface area contributed by atoms with Crippen molar-refractivity contribution in [2.75, 3.05) is 12.4 Å². The molecule has 0 saturated carbocycles. The van der Waals surface area contributed by atoms with Gasteiger partial charge in [0, 0.05) is 17.0 Å². The first-order chi connectivity index (χ1) is 16.0. The summed E-state index contributed by atoms with van der Waals surface area (Å²) < 4.78 is 32.8. The van der Waals surface area contributed by atoms with Gasteiger partial charge in [-0.05, 0) is 53.9 Å². The SMILES string of the molecule is CCS(=O)(=O)c1cccc(-c2ccc(OCCn3cncn3)c3[nH]c4ncc(C)cc4c23)c1. The molecule has 2 aromatic carbocycles.